The van der Waals surface area contributed by atoms with Crippen LogP contribution in [0.15, 0.2) is 109 Å². The smallest absolute Gasteiger partial charge is 0.306 e. The van der Waals surface area contributed by atoms with E-state index in [0.29, 0.717) is 19.3 Å². The van der Waals surface area contributed by atoms with Crippen LogP contribution in [0.1, 0.15) is 188 Å². The minimum absolute atomic E-state index is 0.126. The maximum atomic E-state index is 12.7. The monoisotopic (exact) mass is 817 g/mol. The van der Waals surface area contributed by atoms with E-state index in [9.17, 15) is 14.4 Å². The number of esters is 3. The molecule has 0 bridgehead atoms. The van der Waals surface area contributed by atoms with Gasteiger partial charge in [-0.2, -0.15) is 0 Å². The number of carbonyl (C=O) groups excluding carboxylic acids is 3. The van der Waals surface area contributed by atoms with Crippen LogP contribution in [0.5, 0.6) is 0 Å². The van der Waals surface area contributed by atoms with Crippen LogP contribution in [0.2, 0.25) is 0 Å². The number of allylic oxidation sites excluding steroid dienone is 18. The summed E-state index contributed by atoms with van der Waals surface area (Å²) in [5.41, 5.74) is 0. The highest BCUT2D eigenvalue weighted by Crippen LogP contribution is 2.12. The maximum Gasteiger partial charge on any atom is 0.306 e. The number of ether oxygens (including phenoxy) is 3. The zero-order chi connectivity index (χ0) is 43.0. The van der Waals surface area contributed by atoms with Crippen molar-refractivity contribution >= 4 is 17.9 Å². The molecule has 332 valence electrons. The molecule has 0 rings (SSSR count). The van der Waals surface area contributed by atoms with E-state index in [-0.39, 0.29) is 38.0 Å². The summed E-state index contributed by atoms with van der Waals surface area (Å²) in [6, 6.07) is 0. The quantitative estimate of drug-likeness (QED) is 0.0201. The van der Waals surface area contributed by atoms with Gasteiger partial charge in [0.25, 0.3) is 0 Å². The van der Waals surface area contributed by atoms with Gasteiger partial charge in [0.1, 0.15) is 13.2 Å². The van der Waals surface area contributed by atoms with Crippen molar-refractivity contribution < 1.29 is 28.6 Å². The van der Waals surface area contributed by atoms with E-state index in [1.807, 2.05) is 54.7 Å². The molecular weight excluding hydrogens is 733 g/mol. The average molecular weight is 817 g/mol. The van der Waals surface area contributed by atoms with Crippen molar-refractivity contribution in [2.45, 2.75) is 194 Å². The van der Waals surface area contributed by atoms with Gasteiger partial charge in [0.2, 0.25) is 0 Å². The van der Waals surface area contributed by atoms with E-state index < -0.39 is 12.1 Å². The maximum absolute atomic E-state index is 12.7. The van der Waals surface area contributed by atoms with Crippen molar-refractivity contribution in [3.05, 3.63) is 109 Å². The molecule has 0 saturated carbocycles. The third kappa shape index (κ3) is 45.0. The van der Waals surface area contributed by atoms with E-state index in [1.165, 1.54) is 57.8 Å². The molecule has 0 fully saturated rings. The van der Waals surface area contributed by atoms with E-state index in [4.69, 9.17) is 14.2 Å². The van der Waals surface area contributed by atoms with Gasteiger partial charge < -0.3 is 14.2 Å². The average Bonchev–Trinajstić information content (AvgIpc) is 3.23. The molecule has 0 radical (unpaired) electrons. The van der Waals surface area contributed by atoms with Crippen LogP contribution in [0.25, 0.3) is 0 Å². The van der Waals surface area contributed by atoms with Crippen LogP contribution in [0, 0.1) is 0 Å². The van der Waals surface area contributed by atoms with Crippen molar-refractivity contribution in [2.75, 3.05) is 13.2 Å². The van der Waals surface area contributed by atoms with Crippen molar-refractivity contribution in [2.24, 2.45) is 0 Å². The first-order valence-corrected chi connectivity index (χ1v) is 23.5. The Morgan fingerprint density at radius 2 is 0.763 bits per heavy atom. The summed E-state index contributed by atoms with van der Waals surface area (Å²) in [5.74, 6) is -1.06. The van der Waals surface area contributed by atoms with Crippen LogP contribution in [-0.4, -0.2) is 37.2 Å². The van der Waals surface area contributed by atoms with Crippen molar-refractivity contribution in [1.82, 2.24) is 0 Å². The standard InChI is InChI=1S/C53H84O6/c1-4-7-10-13-16-19-22-25-26-27-29-31-34-37-40-43-46-52(55)58-49-50(48-57-51(54)45-42-39-36-33-30-24-21-18-15-12-9-6-3)59-53(56)47-44-41-38-35-32-28-23-20-17-14-11-8-5-2/h8-9,11-12,14,17-18,20-21,23,26-28,30,32-33,35,38,50H,4-7,10,13,15-16,19,22,24-25,29,31,34,36-37,39-49H2,1-3H3/b11-8-,12-9-,17-14-,21-18-,23-20-,27-26-,32-28-,33-30-,38-35-. The highest BCUT2D eigenvalue weighted by molar-refractivity contribution is 5.71. The van der Waals surface area contributed by atoms with Gasteiger partial charge in [-0.1, -0.05) is 188 Å². The SMILES string of the molecule is CC\C=C/C=C\C=C/C=C\C=C/CCCC(=O)OC(COC(=O)CCCC/C=C\C/C=C\C/C=C\CC)COC(=O)CCCCCCC/C=C\CCCCCCCCC. The van der Waals surface area contributed by atoms with E-state index >= 15 is 0 Å². The van der Waals surface area contributed by atoms with Crippen molar-refractivity contribution in [3.63, 3.8) is 0 Å². The molecule has 0 saturated heterocycles. The Morgan fingerprint density at radius 3 is 1.32 bits per heavy atom. The molecule has 0 amide bonds. The van der Waals surface area contributed by atoms with Gasteiger partial charge >= 0.3 is 17.9 Å². The molecule has 0 aliphatic heterocycles. The molecule has 0 N–H and O–H groups in total. The zero-order valence-corrected chi connectivity index (χ0v) is 37.7. The summed E-state index contributed by atoms with van der Waals surface area (Å²) < 4.78 is 16.6. The van der Waals surface area contributed by atoms with Crippen molar-refractivity contribution in [3.8, 4) is 0 Å². The summed E-state index contributed by atoms with van der Waals surface area (Å²) >= 11 is 0. The van der Waals surface area contributed by atoms with Gasteiger partial charge in [-0.3, -0.25) is 14.4 Å². The van der Waals surface area contributed by atoms with Gasteiger partial charge in [-0.15, -0.1) is 0 Å². The summed E-state index contributed by atoms with van der Waals surface area (Å²) in [5, 5.41) is 0. The molecule has 0 aromatic rings. The molecular formula is C53H84O6. The fraction of sp³-hybridized carbons (Fsp3) is 0.604. The molecule has 6 nitrogen and oxygen atoms in total. The lowest BCUT2D eigenvalue weighted by Crippen LogP contribution is -2.30. The summed E-state index contributed by atoms with van der Waals surface area (Å²) in [6.45, 7) is 6.24. The normalized spacial score (nSPS) is 13.1. The second kappa shape index (κ2) is 46.8. The predicted octanol–water partition coefficient (Wildman–Crippen LogP) is 15.2. The molecule has 0 aromatic heterocycles. The van der Waals surface area contributed by atoms with Crippen LogP contribution in [-0.2, 0) is 28.6 Å². The number of hydrogen-bond acceptors (Lipinski definition) is 6. The second-order valence-electron chi connectivity index (χ2n) is 15.0. The first-order valence-electron chi connectivity index (χ1n) is 23.5. The largest absolute Gasteiger partial charge is 0.462 e. The third-order valence-corrected chi connectivity index (χ3v) is 9.37. The zero-order valence-electron chi connectivity index (χ0n) is 37.7. The number of rotatable bonds is 40. The molecule has 1 atom stereocenters. The fourth-order valence-corrected chi connectivity index (χ4v) is 5.89. The highest BCUT2D eigenvalue weighted by Gasteiger charge is 2.19. The predicted molar refractivity (Wildman–Crippen MR) is 251 cm³/mol. The lowest BCUT2D eigenvalue weighted by Gasteiger charge is -2.18. The van der Waals surface area contributed by atoms with Crippen LogP contribution < -0.4 is 0 Å². The van der Waals surface area contributed by atoms with Crippen molar-refractivity contribution in [1.29, 1.82) is 0 Å². The van der Waals surface area contributed by atoms with Crippen LogP contribution in [0.3, 0.4) is 0 Å². The Bertz CT molecular complexity index is 1260. The first kappa shape index (κ1) is 55.1. The minimum Gasteiger partial charge on any atom is -0.462 e. The van der Waals surface area contributed by atoms with E-state index in [2.05, 4.69) is 75.5 Å². The number of hydrogen-bond donors (Lipinski definition) is 0. The third-order valence-electron chi connectivity index (χ3n) is 9.37. The molecule has 0 spiro atoms. The fourth-order valence-electron chi connectivity index (χ4n) is 5.89. The Morgan fingerprint density at radius 1 is 0.373 bits per heavy atom. The van der Waals surface area contributed by atoms with Crippen LogP contribution >= 0.6 is 0 Å². The molecule has 0 aromatic carbocycles. The summed E-state index contributed by atoms with van der Waals surface area (Å²) in [6.07, 6.45) is 62.3. The Kier molecular flexibility index (Phi) is 43.6. The number of carbonyl (C=O) groups is 3. The van der Waals surface area contributed by atoms with Gasteiger partial charge in [-0.05, 0) is 89.9 Å². The summed E-state index contributed by atoms with van der Waals surface area (Å²) in [4.78, 5) is 37.8. The minimum atomic E-state index is -0.834. The lowest BCUT2D eigenvalue weighted by atomic mass is 10.1. The number of unbranched alkanes of at least 4 members (excludes halogenated alkanes) is 15. The Hall–Kier alpha value is -3.93. The molecule has 6 heteroatoms. The van der Waals surface area contributed by atoms with Gasteiger partial charge in [0.05, 0.1) is 0 Å². The van der Waals surface area contributed by atoms with Gasteiger partial charge in [0, 0.05) is 19.3 Å². The molecule has 0 heterocycles. The molecule has 0 aliphatic carbocycles. The molecule has 1 unspecified atom stereocenters. The van der Waals surface area contributed by atoms with E-state index in [1.54, 1.807) is 0 Å². The van der Waals surface area contributed by atoms with Gasteiger partial charge in [-0.25, -0.2) is 0 Å². The van der Waals surface area contributed by atoms with Crippen LogP contribution in [0.4, 0.5) is 0 Å². The van der Waals surface area contributed by atoms with E-state index in [0.717, 1.165) is 77.0 Å². The Labute approximate surface area is 361 Å². The van der Waals surface area contributed by atoms with Gasteiger partial charge in [0.15, 0.2) is 6.10 Å². The molecule has 59 heavy (non-hydrogen) atoms. The first-order chi connectivity index (χ1) is 29.0. The second-order valence-corrected chi connectivity index (χ2v) is 15.0. The lowest BCUT2D eigenvalue weighted by molar-refractivity contribution is -0.167. The molecule has 0 aliphatic rings. The highest BCUT2D eigenvalue weighted by atomic mass is 16.6. The summed E-state index contributed by atoms with van der Waals surface area (Å²) in [7, 11) is 0. The topological polar surface area (TPSA) is 78.9 Å². The Balaban J connectivity index is 4.55.